The van der Waals surface area contributed by atoms with Gasteiger partial charge in [-0.25, -0.2) is 4.79 Å². The number of nitrogens with one attached hydrogen (secondary N) is 1. The van der Waals surface area contributed by atoms with Crippen molar-refractivity contribution in [2.24, 2.45) is 5.92 Å². The zero-order valence-electron chi connectivity index (χ0n) is 17.0. The second kappa shape index (κ2) is 9.29. The molecule has 0 aromatic heterocycles. The molecule has 1 heterocycles. The lowest BCUT2D eigenvalue weighted by atomic mass is 9.84. The molecule has 0 spiro atoms. The summed E-state index contributed by atoms with van der Waals surface area (Å²) in [6.45, 7) is 5.78. The average molecular weight is 392 g/mol. The number of hydrogen-bond acceptors (Lipinski definition) is 2. The number of amides is 2. The van der Waals surface area contributed by atoms with Crippen molar-refractivity contribution in [1.29, 1.82) is 0 Å². The highest BCUT2D eigenvalue weighted by molar-refractivity contribution is 6.30. The van der Waals surface area contributed by atoms with E-state index in [9.17, 15) is 4.79 Å². The van der Waals surface area contributed by atoms with Crippen molar-refractivity contribution in [3.05, 3.63) is 34.3 Å². The molecule has 1 aromatic rings. The minimum Gasteiger partial charge on any atom is -0.335 e. The SMILES string of the molecule is CC1CN(CCC2CCC(NC(=O)N(C)C)CC2)CCc2ccc(Cl)cc21. The summed E-state index contributed by atoms with van der Waals surface area (Å²) in [5, 5.41) is 3.99. The number of rotatable bonds is 4. The molecular formula is C22H34ClN3O. The molecule has 1 fully saturated rings. The standard InChI is InChI=1S/C22H34ClN3O/c1-16-15-26(13-11-18-6-7-19(23)14-21(16)18)12-10-17-4-8-20(9-5-17)24-22(27)25(2)3/h6-7,14,16-17,20H,4-5,8-13,15H2,1-3H3,(H,24,27). The number of urea groups is 1. The number of halogens is 1. The maximum Gasteiger partial charge on any atom is 0.317 e. The van der Waals surface area contributed by atoms with E-state index in [0.717, 1.165) is 43.3 Å². The van der Waals surface area contributed by atoms with Crippen molar-refractivity contribution < 1.29 is 4.79 Å². The second-order valence-electron chi connectivity index (χ2n) is 8.65. The first-order valence-corrected chi connectivity index (χ1v) is 10.8. The van der Waals surface area contributed by atoms with Gasteiger partial charge in [0, 0.05) is 38.2 Å². The lowest BCUT2D eigenvalue weighted by Gasteiger charge is -2.31. The van der Waals surface area contributed by atoms with E-state index >= 15 is 0 Å². The van der Waals surface area contributed by atoms with Crippen LogP contribution < -0.4 is 5.32 Å². The van der Waals surface area contributed by atoms with Gasteiger partial charge in [-0.05, 0) is 80.2 Å². The van der Waals surface area contributed by atoms with E-state index in [1.165, 1.54) is 36.9 Å². The first-order chi connectivity index (χ1) is 12.9. The van der Waals surface area contributed by atoms with Crippen LogP contribution in [0.2, 0.25) is 5.02 Å². The highest BCUT2D eigenvalue weighted by Gasteiger charge is 2.25. The van der Waals surface area contributed by atoms with Crippen LogP contribution in [0.1, 0.15) is 56.1 Å². The summed E-state index contributed by atoms with van der Waals surface area (Å²) in [6, 6.07) is 6.79. The highest BCUT2D eigenvalue weighted by atomic mass is 35.5. The lowest BCUT2D eigenvalue weighted by molar-refractivity contribution is 0.196. The Hall–Kier alpha value is -1.26. The molecule has 1 aliphatic heterocycles. The number of carbonyl (C=O) groups excluding carboxylic acids is 1. The predicted molar refractivity (Wildman–Crippen MR) is 113 cm³/mol. The quantitative estimate of drug-likeness (QED) is 0.818. The van der Waals surface area contributed by atoms with E-state index in [4.69, 9.17) is 11.6 Å². The molecule has 1 aromatic carbocycles. The average Bonchev–Trinajstić information content (AvgIpc) is 2.80. The Morgan fingerprint density at radius 1 is 1.26 bits per heavy atom. The maximum absolute atomic E-state index is 11.8. The fourth-order valence-corrected chi connectivity index (χ4v) is 4.76. The zero-order chi connectivity index (χ0) is 19.4. The van der Waals surface area contributed by atoms with Gasteiger partial charge in [0.1, 0.15) is 0 Å². The van der Waals surface area contributed by atoms with Crippen molar-refractivity contribution in [2.75, 3.05) is 33.7 Å². The van der Waals surface area contributed by atoms with Crippen molar-refractivity contribution >= 4 is 17.6 Å². The number of hydrogen-bond donors (Lipinski definition) is 1. The number of fused-ring (bicyclic) bond motifs is 1. The van der Waals surface area contributed by atoms with Crippen LogP contribution in [0, 0.1) is 5.92 Å². The molecule has 2 amide bonds. The summed E-state index contributed by atoms with van der Waals surface area (Å²) >= 11 is 6.21. The molecule has 3 rings (SSSR count). The van der Waals surface area contributed by atoms with Gasteiger partial charge in [-0.2, -0.15) is 0 Å². The summed E-state index contributed by atoms with van der Waals surface area (Å²) in [5.41, 5.74) is 2.90. The van der Waals surface area contributed by atoms with Gasteiger partial charge in [0.15, 0.2) is 0 Å². The maximum atomic E-state index is 11.8. The van der Waals surface area contributed by atoms with E-state index in [1.807, 2.05) is 6.07 Å². The molecule has 0 radical (unpaired) electrons. The molecule has 1 N–H and O–H groups in total. The van der Waals surface area contributed by atoms with Gasteiger partial charge in [-0.15, -0.1) is 0 Å². The van der Waals surface area contributed by atoms with Gasteiger partial charge < -0.3 is 15.1 Å². The van der Waals surface area contributed by atoms with E-state index in [1.54, 1.807) is 19.0 Å². The summed E-state index contributed by atoms with van der Waals surface area (Å²) < 4.78 is 0. The van der Waals surface area contributed by atoms with Crippen LogP contribution in [0.15, 0.2) is 18.2 Å². The molecule has 1 aliphatic carbocycles. The third-order valence-corrected chi connectivity index (χ3v) is 6.54. The molecule has 0 saturated heterocycles. The summed E-state index contributed by atoms with van der Waals surface area (Å²) in [6.07, 6.45) is 7.10. The van der Waals surface area contributed by atoms with E-state index in [0.29, 0.717) is 12.0 Å². The minimum absolute atomic E-state index is 0.0386. The smallest absolute Gasteiger partial charge is 0.317 e. The molecular weight excluding hydrogens is 358 g/mol. The molecule has 27 heavy (non-hydrogen) atoms. The van der Waals surface area contributed by atoms with E-state index in [2.05, 4.69) is 29.3 Å². The Kier molecular flexibility index (Phi) is 7.04. The van der Waals surface area contributed by atoms with Gasteiger partial charge in [0.25, 0.3) is 0 Å². The highest BCUT2D eigenvalue weighted by Crippen LogP contribution is 2.30. The third kappa shape index (κ3) is 5.61. The summed E-state index contributed by atoms with van der Waals surface area (Å²) in [7, 11) is 3.60. The van der Waals surface area contributed by atoms with E-state index in [-0.39, 0.29) is 6.03 Å². The lowest BCUT2D eigenvalue weighted by Crippen LogP contribution is -2.43. The van der Waals surface area contributed by atoms with Crippen LogP contribution in [-0.4, -0.2) is 55.6 Å². The normalized spacial score (nSPS) is 26.1. The molecule has 1 atom stereocenters. The fourth-order valence-electron chi connectivity index (χ4n) is 4.58. The minimum atomic E-state index is 0.0386. The second-order valence-corrected chi connectivity index (χ2v) is 9.08. The molecule has 5 heteroatoms. The van der Waals surface area contributed by atoms with Gasteiger partial charge in [-0.1, -0.05) is 24.6 Å². The molecule has 2 aliphatic rings. The van der Waals surface area contributed by atoms with Crippen LogP contribution in [0.4, 0.5) is 4.79 Å². The monoisotopic (exact) mass is 391 g/mol. The van der Waals surface area contributed by atoms with E-state index < -0.39 is 0 Å². The molecule has 4 nitrogen and oxygen atoms in total. The Morgan fingerprint density at radius 3 is 2.70 bits per heavy atom. The van der Waals surface area contributed by atoms with Crippen LogP contribution in [0.25, 0.3) is 0 Å². The number of nitrogens with zero attached hydrogens (tertiary/aromatic N) is 2. The fraction of sp³-hybridized carbons (Fsp3) is 0.682. The van der Waals surface area contributed by atoms with Gasteiger partial charge >= 0.3 is 6.03 Å². The molecule has 0 bridgehead atoms. The molecule has 150 valence electrons. The first kappa shape index (κ1) is 20.5. The summed E-state index contributed by atoms with van der Waals surface area (Å²) in [5.74, 6) is 1.34. The van der Waals surface area contributed by atoms with Crippen molar-refractivity contribution in [3.8, 4) is 0 Å². The zero-order valence-corrected chi connectivity index (χ0v) is 17.8. The Labute approximate surface area is 169 Å². The van der Waals surface area contributed by atoms with Gasteiger partial charge in [0.05, 0.1) is 0 Å². The van der Waals surface area contributed by atoms with Crippen molar-refractivity contribution in [2.45, 2.75) is 57.4 Å². The van der Waals surface area contributed by atoms with Crippen LogP contribution >= 0.6 is 11.6 Å². The Balaban J connectivity index is 1.43. The number of carbonyl (C=O) groups is 1. The third-order valence-electron chi connectivity index (χ3n) is 6.30. The summed E-state index contributed by atoms with van der Waals surface area (Å²) in [4.78, 5) is 16.1. The Morgan fingerprint density at radius 2 is 2.00 bits per heavy atom. The topological polar surface area (TPSA) is 35.6 Å². The van der Waals surface area contributed by atoms with Crippen molar-refractivity contribution in [1.82, 2.24) is 15.1 Å². The molecule has 1 unspecified atom stereocenters. The van der Waals surface area contributed by atoms with Crippen molar-refractivity contribution in [3.63, 3.8) is 0 Å². The van der Waals surface area contributed by atoms with Crippen LogP contribution in [0.5, 0.6) is 0 Å². The van der Waals surface area contributed by atoms with Gasteiger partial charge in [-0.3, -0.25) is 0 Å². The van der Waals surface area contributed by atoms with Crippen LogP contribution in [0.3, 0.4) is 0 Å². The molecule has 1 saturated carbocycles. The number of benzene rings is 1. The Bertz CT molecular complexity index is 640. The van der Waals surface area contributed by atoms with Gasteiger partial charge in [0.2, 0.25) is 0 Å². The first-order valence-electron chi connectivity index (χ1n) is 10.4. The van der Waals surface area contributed by atoms with Crippen LogP contribution in [-0.2, 0) is 6.42 Å². The largest absolute Gasteiger partial charge is 0.335 e. The predicted octanol–water partition coefficient (Wildman–Crippen LogP) is 4.52.